The fourth-order valence-electron chi connectivity index (χ4n) is 0.896. The van der Waals surface area contributed by atoms with Gasteiger partial charge in [0.1, 0.15) is 5.75 Å². The second-order valence-electron chi connectivity index (χ2n) is 2.89. The molecule has 0 aliphatic heterocycles. The summed E-state index contributed by atoms with van der Waals surface area (Å²) < 4.78 is 0. The highest BCUT2D eigenvalue weighted by molar-refractivity contribution is 6.35. The number of phenols is 1. The molecule has 0 spiro atoms. The van der Waals surface area contributed by atoms with Gasteiger partial charge in [-0.15, -0.1) is 0 Å². The van der Waals surface area contributed by atoms with E-state index in [1.165, 1.54) is 12.1 Å². The summed E-state index contributed by atoms with van der Waals surface area (Å²) in [6.45, 7) is 0. The number of hydrogen-bond donors (Lipinski definition) is 1. The first kappa shape index (κ1) is 13.2. The SMILES string of the molecule is Clc1ccccc1.Oc1ccc(Cl)cc1Cl. The zero-order valence-electron chi connectivity index (χ0n) is 8.20. The summed E-state index contributed by atoms with van der Waals surface area (Å²) in [5.74, 6) is 0.0565. The fourth-order valence-corrected chi connectivity index (χ4v) is 1.45. The summed E-state index contributed by atoms with van der Waals surface area (Å²) in [4.78, 5) is 0. The van der Waals surface area contributed by atoms with Crippen LogP contribution in [-0.4, -0.2) is 5.11 Å². The third kappa shape index (κ3) is 4.75. The zero-order valence-corrected chi connectivity index (χ0v) is 10.5. The van der Waals surface area contributed by atoms with Gasteiger partial charge in [0.05, 0.1) is 5.02 Å². The molecule has 0 saturated carbocycles. The number of phenolic OH excluding ortho intramolecular Hbond substituents is 1. The van der Waals surface area contributed by atoms with E-state index in [1.807, 2.05) is 30.3 Å². The lowest BCUT2D eigenvalue weighted by Crippen LogP contribution is -1.66. The van der Waals surface area contributed by atoms with Crippen molar-refractivity contribution in [3.63, 3.8) is 0 Å². The second kappa shape index (κ2) is 6.64. The van der Waals surface area contributed by atoms with Crippen LogP contribution in [0, 0.1) is 0 Å². The standard InChI is InChI=1S/C6H4Cl2O.C6H5Cl/c7-4-1-2-6(9)5(8)3-4;7-6-4-2-1-3-5-6/h1-3,9H;1-5H. The Morgan fingerprint density at radius 2 is 1.38 bits per heavy atom. The summed E-state index contributed by atoms with van der Waals surface area (Å²) in [6.07, 6.45) is 0. The molecule has 0 aliphatic carbocycles. The van der Waals surface area contributed by atoms with Crippen molar-refractivity contribution in [3.8, 4) is 5.75 Å². The smallest absolute Gasteiger partial charge is 0.134 e. The molecule has 0 radical (unpaired) electrons. The summed E-state index contributed by atoms with van der Waals surface area (Å²) in [7, 11) is 0. The van der Waals surface area contributed by atoms with E-state index in [0.29, 0.717) is 5.02 Å². The third-order valence-electron chi connectivity index (χ3n) is 1.64. The lowest BCUT2D eigenvalue weighted by Gasteiger charge is -1.93. The summed E-state index contributed by atoms with van der Waals surface area (Å²) in [6, 6.07) is 13.9. The average Bonchev–Trinajstić information content (AvgIpc) is 2.26. The minimum Gasteiger partial charge on any atom is -0.506 e. The Balaban J connectivity index is 0.000000165. The molecule has 84 valence electrons. The van der Waals surface area contributed by atoms with Crippen LogP contribution in [0.15, 0.2) is 48.5 Å². The Kier molecular flexibility index (Phi) is 5.47. The van der Waals surface area contributed by atoms with Gasteiger partial charge in [-0.25, -0.2) is 0 Å². The van der Waals surface area contributed by atoms with Crippen molar-refractivity contribution in [2.45, 2.75) is 0 Å². The normalized spacial score (nSPS) is 9.19. The minimum absolute atomic E-state index is 0.0565. The Morgan fingerprint density at radius 1 is 0.750 bits per heavy atom. The first-order chi connectivity index (χ1) is 7.59. The lowest BCUT2D eigenvalue weighted by atomic mass is 10.3. The quantitative estimate of drug-likeness (QED) is 0.714. The van der Waals surface area contributed by atoms with Gasteiger partial charge in [0, 0.05) is 10.0 Å². The Hall–Kier alpha value is -0.890. The van der Waals surface area contributed by atoms with Gasteiger partial charge in [-0.3, -0.25) is 0 Å². The molecular weight excluding hydrogens is 266 g/mol. The topological polar surface area (TPSA) is 20.2 Å². The first-order valence-electron chi connectivity index (χ1n) is 4.44. The molecule has 0 fully saturated rings. The van der Waals surface area contributed by atoms with Crippen molar-refractivity contribution < 1.29 is 5.11 Å². The van der Waals surface area contributed by atoms with Crippen LogP contribution in [0.5, 0.6) is 5.75 Å². The second-order valence-corrected chi connectivity index (χ2v) is 4.17. The van der Waals surface area contributed by atoms with E-state index in [-0.39, 0.29) is 10.8 Å². The highest BCUT2D eigenvalue weighted by atomic mass is 35.5. The molecule has 16 heavy (non-hydrogen) atoms. The minimum atomic E-state index is 0.0565. The van der Waals surface area contributed by atoms with Crippen molar-refractivity contribution in [1.82, 2.24) is 0 Å². The third-order valence-corrected chi connectivity index (χ3v) is 2.43. The first-order valence-corrected chi connectivity index (χ1v) is 5.57. The van der Waals surface area contributed by atoms with Gasteiger partial charge in [0.15, 0.2) is 0 Å². The van der Waals surface area contributed by atoms with E-state index < -0.39 is 0 Å². The number of hydrogen-bond acceptors (Lipinski definition) is 1. The molecule has 0 amide bonds. The predicted octanol–water partition coefficient (Wildman–Crippen LogP) is 5.04. The van der Waals surface area contributed by atoms with Gasteiger partial charge < -0.3 is 5.11 Å². The van der Waals surface area contributed by atoms with Gasteiger partial charge in [0.2, 0.25) is 0 Å². The molecule has 2 aromatic rings. The zero-order chi connectivity index (χ0) is 12.0. The Morgan fingerprint density at radius 3 is 1.75 bits per heavy atom. The van der Waals surface area contributed by atoms with Gasteiger partial charge in [0.25, 0.3) is 0 Å². The molecule has 0 bridgehead atoms. The van der Waals surface area contributed by atoms with Crippen molar-refractivity contribution in [2.24, 2.45) is 0 Å². The molecule has 4 heteroatoms. The van der Waals surface area contributed by atoms with Crippen LogP contribution < -0.4 is 0 Å². The van der Waals surface area contributed by atoms with Crippen LogP contribution >= 0.6 is 34.8 Å². The van der Waals surface area contributed by atoms with Crippen LogP contribution in [0.25, 0.3) is 0 Å². The maximum Gasteiger partial charge on any atom is 0.134 e. The van der Waals surface area contributed by atoms with Crippen molar-refractivity contribution >= 4 is 34.8 Å². The largest absolute Gasteiger partial charge is 0.506 e. The van der Waals surface area contributed by atoms with Crippen molar-refractivity contribution in [1.29, 1.82) is 0 Å². The summed E-state index contributed by atoms with van der Waals surface area (Å²) in [5, 5.41) is 10.5. The monoisotopic (exact) mass is 274 g/mol. The highest BCUT2D eigenvalue weighted by Gasteiger charge is 1.95. The van der Waals surface area contributed by atoms with Crippen LogP contribution in [0.2, 0.25) is 15.1 Å². The molecule has 1 N–H and O–H groups in total. The van der Waals surface area contributed by atoms with E-state index in [4.69, 9.17) is 39.9 Å². The van der Waals surface area contributed by atoms with Crippen LogP contribution in [-0.2, 0) is 0 Å². The molecule has 0 aromatic heterocycles. The van der Waals surface area contributed by atoms with Crippen molar-refractivity contribution in [3.05, 3.63) is 63.6 Å². The van der Waals surface area contributed by atoms with E-state index >= 15 is 0 Å². The maximum atomic E-state index is 8.85. The molecule has 2 rings (SSSR count). The lowest BCUT2D eigenvalue weighted by molar-refractivity contribution is 0.475. The number of benzene rings is 2. The Labute approximate surface area is 109 Å². The van der Waals surface area contributed by atoms with Crippen LogP contribution in [0.1, 0.15) is 0 Å². The molecule has 1 nitrogen and oxygen atoms in total. The van der Waals surface area contributed by atoms with E-state index in [1.54, 1.807) is 6.07 Å². The van der Waals surface area contributed by atoms with Crippen LogP contribution in [0.4, 0.5) is 0 Å². The molecule has 0 saturated heterocycles. The highest BCUT2D eigenvalue weighted by Crippen LogP contribution is 2.25. The number of aromatic hydroxyl groups is 1. The average molecular weight is 276 g/mol. The van der Waals surface area contributed by atoms with Gasteiger partial charge in [-0.2, -0.15) is 0 Å². The number of halogens is 3. The molecule has 2 aromatic carbocycles. The molecular formula is C12H9Cl3O. The van der Waals surface area contributed by atoms with Gasteiger partial charge >= 0.3 is 0 Å². The van der Waals surface area contributed by atoms with E-state index in [2.05, 4.69) is 0 Å². The summed E-state index contributed by atoms with van der Waals surface area (Å²) >= 11 is 16.5. The van der Waals surface area contributed by atoms with Crippen LogP contribution in [0.3, 0.4) is 0 Å². The summed E-state index contributed by atoms with van der Waals surface area (Å²) in [5.41, 5.74) is 0. The van der Waals surface area contributed by atoms with Crippen molar-refractivity contribution in [2.75, 3.05) is 0 Å². The molecule has 0 atom stereocenters. The van der Waals surface area contributed by atoms with Gasteiger partial charge in [-0.1, -0.05) is 53.0 Å². The maximum absolute atomic E-state index is 8.85. The molecule has 0 aliphatic rings. The molecule has 0 heterocycles. The Bertz CT molecular complexity index is 443. The van der Waals surface area contributed by atoms with Gasteiger partial charge in [-0.05, 0) is 30.3 Å². The fraction of sp³-hybridized carbons (Fsp3) is 0. The number of rotatable bonds is 0. The predicted molar refractivity (Wildman–Crippen MR) is 69.6 cm³/mol. The van der Waals surface area contributed by atoms with E-state index in [9.17, 15) is 0 Å². The van der Waals surface area contributed by atoms with E-state index in [0.717, 1.165) is 5.02 Å². The molecule has 0 unspecified atom stereocenters.